The Labute approximate surface area is 130 Å². The second-order valence-electron chi connectivity index (χ2n) is 5.14. The summed E-state index contributed by atoms with van der Waals surface area (Å²) < 4.78 is 5.04. The molecule has 0 bridgehead atoms. The number of carbonyl (C=O) groups excluding carboxylic acids is 2. The van der Waals surface area contributed by atoms with Crippen LogP contribution in [0.1, 0.15) is 49.9 Å². The predicted molar refractivity (Wildman–Crippen MR) is 86.0 cm³/mol. The van der Waals surface area contributed by atoms with E-state index in [1.54, 1.807) is 13.0 Å². The molecule has 0 aliphatic rings. The monoisotopic (exact) mass is 312 g/mol. The van der Waals surface area contributed by atoms with Crippen LogP contribution in [0.3, 0.4) is 0 Å². The first-order valence-corrected chi connectivity index (χ1v) is 8.03. The number of anilines is 1. The molecule has 0 radical (unpaired) electrons. The van der Waals surface area contributed by atoms with Gasteiger partial charge in [0.1, 0.15) is 5.00 Å². The van der Waals surface area contributed by atoms with Gasteiger partial charge in [-0.1, -0.05) is 13.8 Å². The van der Waals surface area contributed by atoms with Crippen molar-refractivity contribution >= 4 is 28.2 Å². The molecule has 5 nitrogen and oxygen atoms in total. The number of nitrogens with one attached hydrogen (secondary N) is 2. The van der Waals surface area contributed by atoms with Crippen molar-refractivity contribution in [1.29, 1.82) is 0 Å². The Bertz CT molecular complexity index is 509. The van der Waals surface area contributed by atoms with Gasteiger partial charge in [0, 0.05) is 4.88 Å². The summed E-state index contributed by atoms with van der Waals surface area (Å²) in [6.45, 7) is 10.3. The predicted octanol–water partition coefficient (Wildman–Crippen LogP) is 2.81. The lowest BCUT2D eigenvalue weighted by molar-refractivity contribution is -0.121. The topological polar surface area (TPSA) is 67.4 Å². The third-order valence-electron chi connectivity index (χ3n) is 3.04. The van der Waals surface area contributed by atoms with E-state index in [0.717, 1.165) is 11.3 Å². The van der Waals surface area contributed by atoms with Gasteiger partial charge in [0.05, 0.1) is 17.7 Å². The molecule has 6 heteroatoms. The zero-order valence-corrected chi connectivity index (χ0v) is 14.1. The van der Waals surface area contributed by atoms with Crippen LogP contribution >= 0.6 is 11.3 Å². The molecule has 2 N–H and O–H groups in total. The highest BCUT2D eigenvalue weighted by Gasteiger charge is 2.28. The Morgan fingerprint density at radius 1 is 1.29 bits per heavy atom. The van der Waals surface area contributed by atoms with E-state index in [2.05, 4.69) is 10.6 Å². The molecular formula is C15H24N2O3S. The van der Waals surface area contributed by atoms with E-state index in [-0.39, 0.29) is 5.91 Å². The molecule has 0 saturated heterocycles. The number of thiophene rings is 1. The molecule has 1 heterocycles. The van der Waals surface area contributed by atoms with Crippen molar-refractivity contribution in [3.05, 3.63) is 16.5 Å². The number of hydrogen-bond acceptors (Lipinski definition) is 5. The van der Waals surface area contributed by atoms with E-state index in [1.807, 2.05) is 27.7 Å². The Balaban J connectivity index is 2.99. The molecule has 0 fully saturated rings. The van der Waals surface area contributed by atoms with Gasteiger partial charge in [-0.25, -0.2) is 4.79 Å². The Kier molecular flexibility index (Phi) is 6.36. The molecule has 0 spiro atoms. The van der Waals surface area contributed by atoms with Gasteiger partial charge < -0.3 is 15.4 Å². The van der Waals surface area contributed by atoms with Crippen LogP contribution in [0.15, 0.2) is 6.07 Å². The van der Waals surface area contributed by atoms with E-state index >= 15 is 0 Å². The van der Waals surface area contributed by atoms with Crippen molar-refractivity contribution in [2.45, 2.75) is 46.6 Å². The third-order valence-corrected chi connectivity index (χ3v) is 4.24. The minimum atomic E-state index is -0.697. The van der Waals surface area contributed by atoms with E-state index in [4.69, 9.17) is 4.74 Å². The quantitative estimate of drug-likeness (QED) is 0.760. The van der Waals surface area contributed by atoms with Gasteiger partial charge in [-0.2, -0.15) is 0 Å². The summed E-state index contributed by atoms with van der Waals surface area (Å²) in [6, 6.07) is 1.79. The average molecular weight is 312 g/mol. The van der Waals surface area contributed by atoms with Crippen LogP contribution < -0.4 is 10.6 Å². The van der Waals surface area contributed by atoms with Crippen molar-refractivity contribution in [1.82, 2.24) is 5.32 Å². The molecule has 21 heavy (non-hydrogen) atoms. The van der Waals surface area contributed by atoms with Gasteiger partial charge in [0.2, 0.25) is 5.91 Å². The van der Waals surface area contributed by atoms with Crippen LogP contribution in [0.25, 0.3) is 0 Å². The van der Waals surface area contributed by atoms with Gasteiger partial charge in [-0.15, -0.1) is 11.3 Å². The first-order valence-electron chi connectivity index (χ1n) is 7.22. The fourth-order valence-electron chi connectivity index (χ4n) is 1.85. The van der Waals surface area contributed by atoms with Gasteiger partial charge in [-0.05, 0) is 39.8 Å². The zero-order chi connectivity index (χ0) is 16.0. The van der Waals surface area contributed by atoms with Gasteiger partial charge in [0.15, 0.2) is 0 Å². The van der Waals surface area contributed by atoms with Crippen LogP contribution in [-0.2, 0) is 16.0 Å². The van der Waals surface area contributed by atoms with Crippen LogP contribution in [0.4, 0.5) is 5.00 Å². The van der Waals surface area contributed by atoms with Gasteiger partial charge in [-0.3, -0.25) is 4.79 Å². The average Bonchev–Trinajstić information content (AvgIpc) is 2.82. The van der Waals surface area contributed by atoms with Gasteiger partial charge in [0.25, 0.3) is 0 Å². The highest BCUT2D eigenvalue weighted by molar-refractivity contribution is 7.16. The zero-order valence-electron chi connectivity index (χ0n) is 13.3. The highest BCUT2D eigenvalue weighted by atomic mass is 32.1. The van der Waals surface area contributed by atoms with Crippen molar-refractivity contribution in [3.8, 4) is 0 Å². The Morgan fingerprint density at radius 3 is 2.48 bits per heavy atom. The van der Waals surface area contributed by atoms with E-state index < -0.39 is 11.5 Å². The maximum Gasteiger partial charge on any atom is 0.341 e. The number of carbonyl (C=O) groups is 2. The second-order valence-corrected chi connectivity index (χ2v) is 6.28. The molecule has 0 aliphatic carbocycles. The SMILES string of the molecule is CCNC(C)(C)C(=O)Nc1sc(CC)cc1C(=O)OCC. The first kappa shape index (κ1) is 17.7. The molecule has 0 saturated carbocycles. The maximum absolute atomic E-state index is 12.3. The van der Waals surface area contributed by atoms with Crippen LogP contribution in [0.2, 0.25) is 0 Å². The molecular weight excluding hydrogens is 288 g/mol. The molecule has 0 aromatic carbocycles. The van der Waals surface area contributed by atoms with Crippen LogP contribution in [0, 0.1) is 0 Å². The summed E-state index contributed by atoms with van der Waals surface area (Å²) in [5, 5.41) is 6.52. The lowest BCUT2D eigenvalue weighted by atomic mass is 10.0. The molecule has 0 unspecified atom stereocenters. The minimum Gasteiger partial charge on any atom is -0.462 e. The number of ether oxygens (including phenoxy) is 1. The van der Waals surface area contributed by atoms with Crippen molar-refractivity contribution in [3.63, 3.8) is 0 Å². The van der Waals surface area contributed by atoms with Crippen molar-refractivity contribution in [2.75, 3.05) is 18.5 Å². The van der Waals surface area contributed by atoms with E-state index in [9.17, 15) is 9.59 Å². The number of aryl methyl sites for hydroxylation is 1. The summed E-state index contributed by atoms with van der Waals surface area (Å²) in [5.41, 5.74) is -0.267. The van der Waals surface area contributed by atoms with E-state index in [1.165, 1.54) is 11.3 Å². The largest absolute Gasteiger partial charge is 0.462 e. The number of hydrogen-bond donors (Lipinski definition) is 2. The fraction of sp³-hybridized carbons (Fsp3) is 0.600. The molecule has 1 aromatic heterocycles. The molecule has 1 rings (SSSR count). The summed E-state index contributed by atoms with van der Waals surface area (Å²) in [6.07, 6.45) is 0.809. The summed E-state index contributed by atoms with van der Waals surface area (Å²) in [7, 11) is 0. The van der Waals surface area contributed by atoms with E-state index in [0.29, 0.717) is 23.7 Å². The number of rotatable bonds is 7. The summed E-state index contributed by atoms with van der Waals surface area (Å²) >= 11 is 1.42. The summed E-state index contributed by atoms with van der Waals surface area (Å²) in [4.78, 5) is 25.3. The lowest BCUT2D eigenvalue weighted by Crippen LogP contribution is -2.49. The van der Waals surface area contributed by atoms with Crippen molar-refractivity contribution < 1.29 is 14.3 Å². The van der Waals surface area contributed by atoms with Crippen molar-refractivity contribution in [2.24, 2.45) is 0 Å². The smallest absolute Gasteiger partial charge is 0.341 e. The standard InChI is InChI=1S/C15H24N2O3S/c1-6-10-9-11(13(18)20-8-3)12(21-10)17-14(19)15(4,5)16-7-2/h9,16H,6-8H2,1-5H3,(H,17,19). The number of esters is 1. The second kappa shape index (κ2) is 7.56. The lowest BCUT2D eigenvalue weighted by Gasteiger charge is -2.24. The molecule has 1 aromatic rings. The maximum atomic E-state index is 12.3. The Hall–Kier alpha value is -1.40. The molecule has 118 valence electrons. The van der Waals surface area contributed by atoms with Crippen LogP contribution in [0.5, 0.6) is 0 Å². The summed E-state index contributed by atoms with van der Waals surface area (Å²) in [5.74, 6) is -0.565. The minimum absolute atomic E-state index is 0.167. The third kappa shape index (κ3) is 4.54. The molecule has 0 aliphatic heterocycles. The fourth-order valence-corrected chi connectivity index (χ4v) is 2.83. The molecule has 0 atom stereocenters. The molecule has 1 amide bonds. The van der Waals surface area contributed by atoms with Crippen LogP contribution in [-0.4, -0.2) is 30.6 Å². The Morgan fingerprint density at radius 2 is 1.95 bits per heavy atom. The van der Waals surface area contributed by atoms with Gasteiger partial charge >= 0.3 is 5.97 Å². The number of likely N-dealkylation sites (N-methyl/N-ethyl adjacent to an activating group) is 1. The first-order chi connectivity index (χ1) is 9.85. The number of amides is 1. The highest BCUT2D eigenvalue weighted by Crippen LogP contribution is 2.30. The normalized spacial score (nSPS) is 11.3.